The zero-order chi connectivity index (χ0) is 10.8. The molecule has 5 atom stereocenters. The molecule has 2 saturated carbocycles. The molecule has 2 heteroatoms. The zero-order valence-electron chi connectivity index (χ0n) is 9.73. The smallest absolute Gasteiger partial charge is 0.0572 e. The van der Waals surface area contributed by atoms with Crippen molar-refractivity contribution in [2.45, 2.75) is 64.1 Å². The molecule has 2 fully saturated rings. The molecule has 88 valence electrons. The third-order valence-corrected chi connectivity index (χ3v) is 4.63. The van der Waals surface area contributed by atoms with Crippen LogP contribution in [0.5, 0.6) is 0 Å². The predicted molar refractivity (Wildman–Crippen MR) is 60.5 cm³/mol. The van der Waals surface area contributed by atoms with Crippen LogP contribution in [0.1, 0.15) is 51.9 Å². The Bertz CT molecular complexity index is 205. The molecule has 5 unspecified atom stereocenters. The summed E-state index contributed by atoms with van der Waals surface area (Å²) >= 11 is 0. The number of hydrogen-bond donors (Lipinski definition) is 2. The molecule has 2 rings (SSSR count). The van der Waals surface area contributed by atoms with Gasteiger partial charge in [-0.25, -0.2) is 0 Å². The van der Waals surface area contributed by atoms with E-state index in [4.69, 9.17) is 0 Å². The summed E-state index contributed by atoms with van der Waals surface area (Å²) in [5.41, 5.74) is 0. The number of rotatable bonds is 2. The van der Waals surface area contributed by atoms with Crippen molar-refractivity contribution >= 4 is 0 Å². The quantitative estimate of drug-likeness (QED) is 0.737. The van der Waals surface area contributed by atoms with Gasteiger partial charge in [0.2, 0.25) is 0 Å². The standard InChI is InChI=1S/C13H24O2/c1-2-9-6-7-13(15)11(8-9)10-4-3-5-12(10)14/h9-15H,2-8H2,1H3. The van der Waals surface area contributed by atoms with Gasteiger partial charge in [0.15, 0.2) is 0 Å². The maximum Gasteiger partial charge on any atom is 0.0572 e. The molecule has 2 aliphatic rings. The van der Waals surface area contributed by atoms with Gasteiger partial charge in [-0.05, 0) is 49.9 Å². The topological polar surface area (TPSA) is 40.5 Å². The molecule has 0 aromatic carbocycles. The van der Waals surface area contributed by atoms with Gasteiger partial charge in [-0.3, -0.25) is 0 Å². The van der Waals surface area contributed by atoms with E-state index in [1.807, 2.05) is 0 Å². The summed E-state index contributed by atoms with van der Waals surface area (Å²) in [6.07, 6.45) is 7.43. The van der Waals surface area contributed by atoms with Crippen LogP contribution in [0, 0.1) is 17.8 Å². The van der Waals surface area contributed by atoms with Gasteiger partial charge in [-0.2, -0.15) is 0 Å². The van der Waals surface area contributed by atoms with Gasteiger partial charge in [0, 0.05) is 0 Å². The SMILES string of the molecule is CCC1CCC(O)C(C2CCCC2O)C1. The van der Waals surface area contributed by atoms with Crippen LogP contribution in [0.2, 0.25) is 0 Å². The van der Waals surface area contributed by atoms with Crippen LogP contribution in [-0.4, -0.2) is 22.4 Å². The van der Waals surface area contributed by atoms with Gasteiger partial charge >= 0.3 is 0 Å². The van der Waals surface area contributed by atoms with Crippen molar-refractivity contribution in [3.8, 4) is 0 Å². The molecule has 0 spiro atoms. The van der Waals surface area contributed by atoms with E-state index in [0.29, 0.717) is 11.8 Å². The molecule has 0 aromatic heterocycles. The molecule has 0 aromatic rings. The minimum Gasteiger partial charge on any atom is -0.393 e. The van der Waals surface area contributed by atoms with Crippen molar-refractivity contribution in [1.82, 2.24) is 0 Å². The van der Waals surface area contributed by atoms with Gasteiger partial charge in [0.05, 0.1) is 12.2 Å². The van der Waals surface area contributed by atoms with Crippen LogP contribution >= 0.6 is 0 Å². The molecular weight excluding hydrogens is 188 g/mol. The van der Waals surface area contributed by atoms with E-state index in [-0.39, 0.29) is 12.2 Å². The summed E-state index contributed by atoms with van der Waals surface area (Å²) in [5.74, 6) is 1.54. The van der Waals surface area contributed by atoms with Crippen molar-refractivity contribution in [2.75, 3.05) is 0 Å². The first kappa shape index (κ1) is 11.4. The molecular formula is C13H24O2. The Morgan fingerprint density at radius 1 is 0.933 bits per heavy atom. The Labute approximate surface area is 92.7 Å². The van der Waals surface area contributed by atoms with Crippen LogP contribution in [0.25, 0.3) is 0 Å². The maximum atomic E-state index is 10.0. The van der Waals surface area contributed by atoms with E-state index < -0.39 is 0 Å². The van der Waals surface area contributed by atoms with Gasteiger partial charge in [-0.1, -0.05) is 19.8 Å². The number of hydrogen-bond acceptors (Lipinski definition) is 2. The largest absolute Gasteiger partial charge is 0.393 e. The van der Waals surface area contributed by atoms with E-state index in [0.717, 1.165) is 38.0 Å². The highest BCUT2D eigenvalue weighted by Gasteiger charge is 2.39. The van der Waals surface area contributed by atoms with Crippen molar-refractivity contribution in [3.63, 3.8) is 0 Å². The average molecular weight is 212 g/mol. The average Bonchev–Trinajstić information content (AvgIpc) is 2.65. The van der Waals surface area contributed by atoms with Crippen LogP contribution in [0.4, 0.5) is 0 Å². The van der Waals surface area contributed by atoms with Crippen LogP contribution in [0.15, 0.2) is 0 Å². The van der Waals surface area contributed by atoms with Crippen molar-refractivity contribution < 1.29 is 10.2 Å². The monoisotopic (exact) mass is 212 g/mol. The van der Waals surface area contributed by atoms with E-state index in [1.165, 1.54) is 12.8 Å². The highest BCUT2D eigenvalue weighted by molar-refractivity contribution is 4.89. The van der Waals surface area contributed by atoms with E-state index >= 15 is 0 Å². The highest BCUT2D eigenvalue weighted by Crippen LogP contribution is 2.42. The molecule has 2 aliphatic carbocycles. The first-order valence-corrected chi connectivity index (χ1v) is 6.58. The summed E-state index contributed by atoms with van der Waals surface area (Å²) in [5, 5.41) is 20.0. The Balaban J connectivity index is 1.98. The lowest BCUT2D eigenvalue weighted by molar-refractivity contribution is -0.0168. The normalized spacial score (nSPS) is 47.0. The summed E-state index contributed by atoms with van der Waals surface area (Å²) in [7, 11) is 0. The molecule has 0 bridgehead atoms. The number of aliphatic hydroxyl groups excluding tert-OH is 2. The molecule has 0 radical (unpaired) electrons. The van der Waals surface area contributed by atoms with E-state index in [2.05, 4.69) is 6.92 Å². The van der Waals surface area contributed by atoms with E-state index in [9.17, 15) is 10.2 Å². The van der Waals surface area contributed by atoms with Gasteiger partial charge in [0.1, 0.15) is 0 Å². The molecule has 15 heavy (non-hydrogen) atoms. The molecule has 2 nitrogen and oxygen atoms in total. The summed E-state index contributed by atoms with van der Waals surface area (Å²) in [4.78, 5) is 0. The van der Waals surface area contributed by atoms with Gasteiger partial charge in [-0.15, -0.1) is 0 Å². The van der Waals surface area contributed by atoms with Crippen molar-refractivity contribution in [2.24, 2.45) is 17.8 Å². The number of aliphatic hydroxyl groups is 2. The third-order valence-electron chi connectivity index (χ3n) is 4.63. The van der Waals surface area contributed by atoms with Crippen LogP contribution in [-0.2, 0) is 0 Å². The third kappa shape index (κ3) is 2.36. The molecule has 0 aliphatic heterocycles. The van der Waals surface area contributed by atoms with Crippen molar-refractivity contribution in [3.05, 3.63) is 0 Å². The second-order valence-corrected chi connectivity index (χ2v) is 5.48. The minimum atomic E-state index is -0.148. The Hall–Kier alpha value is -0.0800. The lowest BCUT2D eigenvalue weighted by Gasteiger charge is -2.37. The van der Waals surface area contributed by atoms with Crippen LogP contribution in [0.3, 0.4) is 0 Å². The van der Waals surface area contributed by atoms with Crippen molar-refractivity contribution in [1.29, 1.82) is 0 Å². The zero-order valence-corrected chi connectivity index (χ0v) is 9.73. The van der Waals surface area contributed by atoms with Gasteiger partial charge < -0.3 is 10.2 Å². The van der Waals surface area contributed by atoms with E-state index in [1.54, 1.807) is 0 Å². The second kappa shape index (κ2) is 4.84. The predicted octanol–water partition coefficient (Wildman–Crippen LogP) is 2.33. The lowest BCUT2D eigenvalue weighted by Crippen LogP contribution is -2.37. The molecule has 0 heterocycles. The fraction of sp³-hybridized carbons (Fsp3) is 1.00. The minimum absolute atomic E-state index is 0.139. The Morgan fingerprint density at radius 2 is 1.67 bits per heavy atom. The van der Waals surface area contributed by atoms with Crippen LogP contribution < -0.4 is 0 Å². The summed E-state index contributed by atoms with van der Waals surface area (Å²) in [6, 6.07) is 0. The molecule has 0 amide bonds. The van der Waals surface area contributed by atoms with Gasteiger partial charge in [0.25, 0.3) is 0 Å². The summed E-state index contributed by atoms with van der Waals surface area (Å²) in [6.45, 7) is 2.24. The second-order valence-electron chi connectivity index (χ2n) is 5.48. The first-order valence-electron chi connectivity index (χ1n) is 6.58. The molecule has 0 saturated heterocycles. The summed E-state index contributed by atoms with van der Waals surface area (Å²) < 4.78 is 0. The fourth-order valence-electron chi connectivity index (χ4n) is 3.58. The highest BCUT2D eigenvalue weighted by atomic mass is 16.3. The maximum absolute atomic E-state index is 10.0. The first-order chi connectivity index (χ1) is 7.22. The Kier molecular flexibility index (Phi) is 3.68. The molecule has 2 N–H and O–H groups in total. The Morgan fingerprint density at radius 3 is 2.27 bits per heavy atom. The lowest BCUT2D eigenvalue weighted by atomic mass is 9.71. The fourth-order valence-corrected chi connectivity index (χ4v) is 3.58.